The predicted molar refractivity (Wildman–Crippen MR) is 109 cm³/mol. The summed E-state index contributed by atoms with van der Waals surface area (Å²) in [5.74, 6) is -1.15. The lowest BCUT2D eigenvalue weighted by Crippen LogP contribution is -2.41. The molecule has 4 N–H and O–H groups in total. The first-order chi connectivity index (χ1) is 13.1. The number of carboxylic acids is 1. The van der Waals surface area contributed by atoms with Crippen molar-refractivity contribution < 1.29 is 19.5 Å². The largest absolute Gasteiger partial charge is 0.481 e. The molecule has 7 heteroatoms. The molecule has 2 aromatic carbocycles. The summed E-state index contributed by atoms with van der Waals surface area (Å²) in [5, 5.41) is 17.0. The molecule has 0 aliphatic carbocycles. The van der Waals surface area contributed by atoms with Crippen LogP contribution in [0.5, 0.6) is 0 Å². The molecule has 0 saturated carbocycles. The normalized spacial score (nSPS) is 10.8. The van der Waals surface area contributed by atoms with Gasteiger partial charge in [0.1, 0.15) is 0 Å². The van der Waals surface area contributed by atoms with Crippen LogP contribution in [0.4, 0.5) is 16.2 Å². The number of rotatable bonds is 6. The Morgan fingerprint density at radius 1 is 0.964 bits per heavy atom. The Labute approximate surface area is 164 Å². The van der Waals surface area contributed by atoms with Crippen LogP contribution in [-0.4, -0.2) is 28.6 Å². The smallest absolute Gasteiger partial charge is 0.323 e. The summed E-state index contributed by atoms with van der Waals surface area (Å²) in [6, 6.07) is 13.2. The molecule has 0 atom stereocenters. The van der Waals surface area contributed by atoms with E-state index in [0.717, 1.165) is 5.56 Å². The van der Waals surface area contributed by atoms with E-state index in [2.05, 4.69) is 16.0 Å². The van der Waals surface area contributed by atoms with Crippen molar-refractivity contribution in [2.75, 3.05) is 10.6 Å². The minimum Gasteiger partial charge on any atom is -0.481 e. The van der Waals surface area contributed by atoms with Crippen molar-refractivity contribution in [1.29, 1.82) is 0 Å². The lowest BCUT2D eigenvalue weighted by molar-refractivity contribution is -0.136. The summed E-state index contributed by atoms with van der Waals surface area (Å²) in [7, 11) is 0. The van der Waals surface area contributed by atoms with E-state index in [0.29, 0.717) is 23.4 Å². The lowest BCUT2D eigenvalue weighted by atomic mass is 10.1. The first-order valence-electron chi connectivity index (χ1n) is 8.94. The van der Waals surface area contributed by atoms with Crippen LogP contribution in [0.3, 0.4) is 0 Å². The molecule has 2 rings (SSSR count). The number of para-hydroxylation sites is 1. The Bertz CT molecular complexity index is 872. The van der Waals surface area contributed by atoms with Crippen LogP contribution in [-0.2, 0) is 11.2 Å². The second kappa shape index (κ2) is 9.03. The number of aliphatic carboxylic acids is 1. The molecule has 0 aliphatic heterocycles. The molecule has 0 saturated heterocycles. The van der Waals surface area contributed by atoms with E-state index in [-0.39, 0.29) is 12.3 Å². The Hall–Kier alpha value is -3.35. The molecule has 148 valence electrons. The second-order valence-electron chi connectivity index (χ2n) is 7.42. The zero-order valence-electron chi connectivity index (χ0n) is 16.2. The molecular formula is C21H25N3O4. The number of aryl methyl sites for hydroxylation is 1. The molecule has 0 bridgehead atoms. The number of hydrogen-bond donors (Lipinski definition) is 4. The molecule has 7 nitrogen and oxygen atoms in total. The summed E-state index contributed by atoms with van der Waals surface area (Å²) < 4.78 is 0. The van der Waals surface area contributed by atoms with Gasteiger partial charge in [-0.25, -0.2) is 4.79 Å². The van der Waals surface area contributed by atoms with Crippen LogP contribution in [0, 0.1) is 0 Å². The van der Waals surface area contributed by atoms with Crippen LogP contribution < -0.4 is 16.0 Å². The molecule has 2 aromatic rings. The second-order valence-corrected chi connectivity index (χ2v) is 7.42. The Kier molecular flexibility index (Phi) is 6.76. The number of hydrogen-bond acceptors (Lipinski definition) is 3. The lowest BCUT2D eigenvalue weighted by Gasteiger charge is -2.21. The van der Waals surface area contributed by atoms with Crippen LogP contribution in [0.2, 0.25) is 0 Å². The molecule has 3 amide bonds. The molecule has 0 heterocycles. The number of nitrogens with one attached hydrogen (secondary N) is 3. The zero-order chi connectivity index (χ0) is 20.7. The van der Waals surface area contributed by atoms with Gasteiger partial charge in [-0.2, -0.15) is 0 Å². The average Bonchev–Trinajstić information content (AvgIpc) is 2.59. The standard InChI is InChI=1S/C21H25N3O4/c1-21(2,3)24-19(27)16-9-4-5-10-17(16)23-20(28)22-15-8-6-7-14(13-15)11-12-18(25)26/h4-10,13H,11-12H2,1-3H3,(H,24,27)(H,25,26)(H2,22,23,28). The van der Waals surface area contributed by atoms with Crippen LogP contribution in [0.1, 0.15) is 43.1 Å². The topological polar surface area (TPSA) is 108 Å². The first-order valence-corrected chi connectivity index (χ1v) is 8.94. The van der Waals surface area contributed by atoms with Gasteiger partial charge in [-0.05, 0) is 57.0 Å². The number of anilines is 2. The van der Waals surface area contributed by atoms with E-state index in [1.165, 1.54) is 0 Å². The van der Waals surface area contributed by atoms with Gasteiger partial charge in [0.15, 0.2) is 0 Å². The van der Waals surface area contributed by atoms with Gasteiger partial charge in [-0.1, -0.05) is 24.3 Å². The minimum atomic E-state index is -0.874. The average molecular weight is 383 g/mol. The van der Waals surface area contributed by atoms with E-state index in [9.17, 15) is 14.4 Å². The van der Waals surface area contributed by atoms with E-state index >= 15 is 0 Å². The molecule has 0 aromatic heterocycles. The highest BCUT2D eigenvalue weighted by molar-refractivity contribution is 6.06. The third kappa shape index (κ3) is 6.75. The summed E-state index contributed by atoms with van der Waals surface area (Å²) in [4.78, 5) is 35.5. The monoisotopic (exact) mass is 383 g/mol. The minimum absolute atomic E-state index is 0.0198. The quantitative estimate of drug-likeness (QED) is 0.607. The third-order valence-electron chi connectivity index (χ3n) is 3.72. The molecular weight excluding hydrogens is 358 g/mol. The van der Waals surface area contributed by atoms with Gasteiger partial charge in [0.2, 0.25) is 0 Å². The highest BCUT2D eigenvalue weighted by Crippen LogP contribution is 2.18. The van der Waals surface area contributed by atoms with E-state index < -0.39 is 17.5 Å². The van der Waals surface area contributed by atoms with E-state index in [4.69, 9.17) is 5.11 Å². The van der Waals surface area contributed by atoms with E-state index in [1.54, 1.807) is 48.5 Å². The Balaban J connectivity index is 2.07. The summed E-state index contributed by atoms with van der Waals surface area (Å²) in [6.45, 7) is 5.64. The molecule has 28 heavy (non-hydrogen) atoms. The fourth-order valence-electron chi connectivity index (χ4n) is 2.54. The molecule has 0 aliphatic rings. The third-order valence-corrected chi connectivity index (χ3v) is 3.72. The highest BCUT2D eigenvalue weighted by Gasteiger charge is 2.18. The van der Waals surface area contributed by atoms with Crippen molar-refractivity contribution >= 4 is 29.3 Å². The SMILES string of the molecule is CC(C)(C)NC(=O)c1ccccc1NC(=O)Nc1cccc(CCC(=O)O)c1. The summed E-state index contributed by atoms with van der Waals surface area (Å²) in [5.41, 5.74) is 1.71. The maximum Gasteiger partial charge on any atom is 0.323 e. The van der Waals surface area contributed by atoms with Crippen LogP contribution in [0.15, 0.2) is 48.5 Å². The number of carbonyl (C=O) groups excluding carboxylic acids is 2. The van der Waals surface area contributed by atoms with Crippen molar-refractivity contribution in [3.05, 3.63) is 59.7 Å². The number of carboxylic acid groups (broad SMARTS) is 1. The van der Waals surface area contributed by atoms with Gasteiger partial charge in [0, 0.05) is 17.6 Å². The van der Waals surface area contributed by atoms with Crippen molar-refractivity contribution in [2.24, 2.45) is 0 Å². The van der Waals surface area contributed by atoms with Gasteiger partial charge < -0.3 is 21.1 Å². The molecule has 0 fully saturated rings. The van der Waals surface area contributed by atoms with Gasteiger partial charge in [-0.15, -0.1) is 0 Å². The fraction of sp³-hybridized carbons (Fsp3) is 0.286. The first kappa shape index (κ1) is 21.0. The van der Waals surface area contributed by atoms with Crippen LogP contribution in [0.25, 0.3) is 0 Å². The molecule has 0 unspecified atom stereocenters. The van der Waals surface area contributed by atoms with Crippen molar-refractivity contribution in [3.8, 4) is 0 Å². The van der Waals surface area contributed by atoms with Gasteiger partial charge in [0.25, 0.3) is 5.91 Å². The molecule has 0 spiro atoms. The van der Waals surface area contributed by atoms with E-state index in [1.807, 2.05) is 20.8 Å². The van der Waals surface area contributed by atoms with Gasteiger partial charge >= 0.3 is 12.0 Å². The Morgan fingerprint density at radius 3 is 2.36 bits per heavy atom. The predicted octanol–water partition coefficient (Wildman–Crippen LogP) is 3.88. The van der Waals surface area contributed by atoms with Crippen molar-refractivity contribution in [1.82, 2.24) is 5.32 Å². The maximum absolute atomic E-state index is 12.5. The summed E-state index contributed by atoms with van der Waals surface area (Å²) >= 11 is 0. The number of amides is 3. The Morgan fingerprint density at radius 2 is 1.68 bits per heavy atom. The van der Waals surface area contributed by atoms with Gasteiger partial charge in [-0.3, -0.25) is 9.59 Å². The van der Waals surface area contributed by atoms with Crippen LogP contribution >= 0.6 is 0 Å². The molecule has 0 radical (unpaired) electrons. The number of urea groups is 1. The maximum atomic E-state index is 12.5. The van der Waals surface area contributed by atoms with Crippen molar-refractivity contribution in [3.63, 3.8) is 0 Å². The summed E-state index contributed by atoms with van der Waals surface area (Å²) in [6.07, 6.45) is 0.397. The number of benzene rings is 2. The number of carbonyl (C=O) groups is 3. The highest BCUT2D eigenvalue weighted by atomic mass is 16.4. The van der Waals surface area contributed by atoms with Gasteiger partial charge in [0.05, 0.1) is 11.3 Å². The zero-order valence-corrected chi connectivity index (χ0v) is 16.2. The van der Waals surface area contributed by atoms with Crippen molar-refractivity contribution in [2.45, 2.75) is 39.2 Å². The fourth-order valence-corrected chi connectivity index (χ4v) is 2.54.